The molecule has 1 unspecified atom stereocenters. The molecule has 0 aliphatic heterocycles. The third-order valence-electron chi connectivity index (χ3n) is 2.17. The molecule has 1 nitrogen and oxygen atoms in total. The lowest BCUT2D eigenvalue weighted by molar-refractivity contribution is 0.603. The van der Waals surface area contributed by atoms with Gasteiger partial charge in [0.2, 0.25) is 0 Å². The van der Waals surface area contributed by atoms with Gasteiger partial charge < -0.3 is 5.73 Å². The molecule has 1 rings (SSSR count). The van der Waals surface area contributed by atoms with Gasteiger partial charge in [-0.2, -0.15) is 0 Å². The first-order valence-corrected chi connectivity index (χ1v) is 5.13. The molecule has 0 heterocycles. The number of rotatable bonds is 4. The van der Waals surface area contributed by atoms with Crippen LogP contribution in [0.25, 0.3) is 0 Å². The standard InChI is InChI=1S/C11H16ClN.ClH/c1-2-3-4-11(13)9-5-7-10(12)8-6-9;/h5-8,11H,2-4,13H2,1H3;1H. The molecule has 0 aliphatic rings. The first-order chi connectivity index (χ1) is 6.24. The second kappa shape index (κ2) is 7.10. The third-order valence-corrected chi connectivity index (χ3v) is 2.42. The van der Waals surface area contributed by atoms with Gasteiger partial charge in [0.1, 0.15) is 0 Å². The normalized spacial score (nSPS) is 11.9. The summed E-state index contributed by atoms with van der Waals surface area (Å²) in [4.78, 5) is 0. The van der Waals surface area contributed by atoms with E-state index in [1.54, 1.807) is 0 Å². The smallest absolute Gasteiger partial charge is 0.0406 e. The van der Waals surface area contributed by atoms with E-state index in [2.05, 4.69) is 6.92 Å². The first-order valence-electron chi connectivity index (χ1n) is 4.75. The SMILES string of the molecule is CCCCC(N)c1ccc(Cl)cc1.Cl. The lowest BCUT2D eigenvalue weighted by Crippen LogP contribution is -2.09. The maximum absolute atomic E-state index is 5.99. The fraction of sp³-hybridized carbons (Fsp3) is 0.455. The van der Waals surface area contributed by atoms with Crippen LogP contribution in [0, 0.1) is 0 Å². The van der Waals surface area contributed by atoms with Crippen LogP contribution in [0.1, 0.15) is 37.8 Å². The molecule has 2 N–H and O–H groups in total. The van der Waals surface area contributed by atoms with Crippen LogP contribution >= 0.6 is 24.0 Å². The van der Waals surface area contributed by atoms with Crippen molar-refractivity contribution in [1.82, 2.24) is 0 Å². The number of hydrogen-bond acceptors (Lipinski definition) is 1. The number of halogens is 2. The average Bonchev–Trinajstić information content (AvgIpc) is 2.15. The minimum Gasteiger partial charge on any atom is -0.324 e. The van der Waals surface area contributed by atoms with E-state index in [1.807, 2.05) is 24.3 Å². The maximum atomic E-state index is 5.99. The summed E-state index contributed by atoms with van der Waals surface area (Å²) in [6.07, 6.45) is 3.43. The van der Waals surface area contributed by atoms with Crippen molar-refractivity contribution >= 4 is 24.0 Å². The largest absolute Gasteiger partial charge is 0.324 e. The van der Waals surface area contributed by atoms with Crippen LogP contribution in [-0.2, 0) is 0 Å². The number of nitrogens with two attached hydrogens (primary N) is 1. The zero-order valence-electron chi connectivity index (χ0n) is 8.37. The van der Waals surface area contributed by atoms with Crippen molar-refractivity contribution < 1.29 is 0 Å². The highest BCUT2D eigenvalue weighted by atomic mass is 35.5. The Morgan fingerprint density at radius 2 is 1.86 bits per heavy atom. The van der Waals surface area contributed by atoms with E-state index < -0.39 is 0 Å². The molecule has 80 valence electrons. The van der Waals surface area contributed by atoms with Gasteiger partial charge in [0, 0.05) is 11.1 Å². The van der Waals surface area contributed by atoms with Gasteiger partial charge >= 0.3 is 0 Å². The minimum absolute atomic E-state index is 0. The Morgan fingerprint density at radius 3 is 2.36 bits per heavy atom. The molecule has 1 aromatic carbocycles. The molecule has 0 radical (unpaired) electrons. The summed E-state index contributed by atoms with van der Waals surface area (Å²) in [6, 6.07) is 7.95. The molecule has 0 aliphatic carbocycles. The van der Waals surface area contributed by atoms with Crippen molar-refractivity contribution in [2.75, 3.05) is 0 Å². The minimum atomic E-state index is 0. The molecule has 0 amide bonds. The molecule has 1 aromatic rings. The van der Waals surface area contributed by atoms with E-state index in [0.717, 1.165) is 11.4 Å². The summed E-state index contributed by atoms with van der Waals surface area (Å²) < 4.78 is 0. The second-order valence-corrected chi connectivity index (χ2v) is 3.74. The number of hydrogen-bond donors (Lipinski definition) is 1. The summed E-state index contributed by atoms with van der Waals surface area (Å²) in [5.41, 5.74) is 7.17. The van der Waals surface area contributed by atoms with E-state index in [0.29, 0.717) is 0 Å². The van der Waals surface area contributed by atoms with Crippen molar-refractivity contribution in [2.45, 2.75) is 32.2 Å². The Bertz CT molecular complexity index is 246. The second-order valence-electron chi connectivity index (χ2n) is 3.30. The average molecular weight is 234 g/mol. The van der Waals surface area contributed by atoms with Gasteiger partial charge in [-0.25, -0.2) is 0 Å². The Balaban J connectivity index is 0.00000169. The Hall–Kier alpha value is -0.240. The van der Waals surface area contributed by atoms with Crippen LogP contribution in [-0.4, -0.2) is 0 Å². The fourth-order valence-corrected chi connectivity index (χ4v) is 1.43. The Kier molecular flexibility index (Phi) is 6.98. The van der Waals surface area contributed by atoms with Gasteiger partial charge in [-0.05, 0) is 24.1 Å². The topological polar surface area (TPSA) is 26.0 Å². The van der Waals surface area contributed by atoms with Gasteiger partial charge in [0.25, 0.3) is 0 Å². The van der Waals surface area contributed by atoms with E-state index in [9.17, 15) is 0 Å². The molecular weight excluding hydrogens is 217 g/mol. The van der Waals surface area contributed by atoms with E-state index >= 15 is 0 Å². The van der Waals surface area contributed by atoms with Crippen LogP contribution in [0.3, 0.4) is 0 Å². The van der Waals surface area contributed by atoms with Gasteiger partial charge in [-0.3, -0.25) is 0 Å². The molecule has 1 atom stereocenters. The summed E-state index contributed by atoms with van der Waals surface area (Å²) in [5, 5.41) is 0.770. The molecule has 3 heteroatoms. The highest BCUT2D eigenvalue weighted by Crippen LogP contribution is 2.18. The number of unbranched alkanes of at least 4 members (excludes halogenated alkanes) is 1. The lowest BCUT2D eigenvalue weighted by Gasteiger charge is -2.10. The van der Waals surface area contributed by atoms with Crippen LogP contribution in [0.4, 0.5) is 0 Å². The van der Waals surface area contributed by atoms with Crippen molar-refractivity contribution in [1.29, 1.82) is 0 Å². The predicted molar refractivity (Wildman–Crippen MR) is 65.2 cm³/mol. The monoisotopic (exact) mass is 233 g/mol. The zero-order chi connectivity index (χ0) is 9.68. The molecule has 0 saturated heterocycles. The van der Waals surface area contributed by atoms with Gasteiger partial charge in [0.15, 0.2) is 0 Å². The molecule has 0 fully saturated rings. The van der Waals surface area contributed by atoms with Gasteiger partial charge in [0.05, 0.1) is 0 Å². The number of benzene rings is 1. The zero-order valence-corrected chi connectivity index (χ0v) is 9.94. The lowest BCUT2D eigenvalue weighted by atomic mass is 10.0. The summed E-state index contributed by atoms with van der Waals surface area (Å²) in [5.74, 6) is 0. The van der Waals surface area contributed by atoms with Crippen molar-refractivity contribution in [3.63, 3.8) is 0 Å². The molecular formula is C11H17Cl2N. The predicted octanol–water partition coefficient (Wildman–Crippen LogP) is 3.95. The summed E-state index contributed by atoms with van der Waals surface area (Å²) >= 11 is 5.78. The maximum Gasteiger partial charge on any atom is 0.0406 e. The Labute approximate surface area is 97.1 Å². The summed E-state index contributed by atoms with van der Waals surface area (Å²) in [7, 11) is 0. The molecule has 0 spiro atoms. The van der Waals surface area contributed by atoms with Gasteiger partial charge in [-0.15, -0.1) is 12.4 Å². The van der Waals surface area contributed by atoms with Crippen LogP contribution in [0.5, 0.6) is 0 Å². The van der Waals surface area contributed by atoms with E-state index in [4.69, 9.17) is 17.3 Å². The van der Waals surface area contributed by atoms with Crippen LogP contribution in [0.2, 0.25) is 5.02 Å². The van der Waals surface area contributed by atoms with Gasteiger partial charge in [-0.1, -0.05) is 43.5 Å². The van der Waals surface area contributed by atoms with Crippen LogP contribution in [0.15, 0.2) is 24.3 Å². The van der Waals surface area contributed by atoms with Crippen LogP contribution < -0.4 is 5.73 Å². The molecule has 14 heavy (non-hydrogen) atoms. The van der Waals surface area contributed by atoms with E-state index in [-0.39, 0.29) is 18.4 Å². The molecule has 0 bridgehead atoms. The third kappa shape index (κ3) is 4.32. The molecule has 0 saturated carbocycles. The van der Waals surface area contributed by atoms with Crippen molar-refractivity contribution in [2.24, 2.45) is 5.73 Å². The highest BCUT2D eigenvalue weighted by Gasteiger charge is 2.03. The first kappa shape index (κ1) is 13.8. The molecule has 0 aromatic heterocycles. The Morgan fingerprint density at radius 1 is 1.29 bits per heavy atom. The summed E-state index contributed by atoms with van der Waals surface area (Å²) in [6.45, 7) is 2.18. The highest BCUT2D eigenvalue weighted by molar-refractivity contribution is 6.30. The van der Waals surface area contributed by atoms with Crippen molar-refractivity contribution in [3.8, 4) is 0 Å². The fourth-order valence-electron chi connectivity index (χ4n) is 1.30. The van der Waals surface area contributed by atoms with Crippen molar-refractivity contribution in [3.05, 3.63) is 34.9 Å². The van der Waals surface area contributed by atoms with E-state index in [1.165, 1.54) is 18.4 Å². The quantitative estimate of drug-likeness (QED) is 0.838.